The fourth-order valence-electron chi connectivity index (χ4n) is 8.02. The Kier molecular flexibility index (Phi) is 8.28. The van der Waals surface area contributed by atoms with Crippen molar-refractivity contribution in [3.05, 3.63) is 187 Å². The summed E-state index contributed by atoms with van der Waals surface area (Å²) in [7, 11) is 1.75. The molecule has 0 N–H and O–H groups in total. The van der Waals surface area contributed by atoms with E-state index in [2.05, 4.69) is 172 Å². The highest BCUT2D eigenvalue weighted by atomic mass is 127. The van der Waals surface area contributed by atoms with Crippen molar-refractivity contribution in [3.8, 4) is 11.1 Å². The summed E-state index contributed by atoms with van der Waals surface area (Å²) >= 11 is 2.38. The van der Waals surface area contributed by atoms with Gasteiger partial charge in [0.1, 0.15) is 5.82 Å². The minimum Gasteiger partial charge on any atom is -0.310 e. The van der Waals surface area contributed by atoms with Crippen molar-refractivity contribution in [2.45, 2.75) is 24.2 Å². The van der Waals surface area contributed by atoms with Gasteiger partial charge in [0.05, 0.1) is 11.4 Å². The van der Waals surface area contributed by atoms with Gasteiger partial charge in [0.2, 0.25) is 0 Å². The molecule has 0 heterocycles. The third-order valence-electron chi connectivity index (χ3n) is 10.4. The lowest BCUT2D eigenvalue weighted by atomic mass is 9.81. The van der Waals surface area contributed by atoms with Crippen molar-refractivity contribution in [2.75, 3.05) is 9.80 Å². The number of halogens is 2. The van der Waals surface area contributed by atoms with Gasteiger partial charge in [0, 0.05) is 65.0 Å². The van der Waals surface area contributed by atoms with Crippen molar-refractivity contribution in [3.63, 3.8) is 0 Å². The average Bonchev–Trinajstić information content (AvgIpc) is 3.41. The molecule has 52 heavy (non-hydrogen) atoms. The summed E-state index contributed by atoms with van der Waals surface area (Å²) in [4.78, 5) is 5.84. The second-order valence-corrected chi connectivity index (χ2v) is 15.7. The quantitative estimate of drug-likeness (QED) is 0.148. The minimum atomic E-state index is -0.324. The van der Waals surface area contributed by atoms with Gasteiger partial charge in [-0.2, -0.15) is 0 Å². The van der Waals surface area contributed by atoms with E-state index in [1.165, 1.54) is 49.4 Å². The molecule has 0 bridgehead atoms. The topological polar surface area (TPSA) is 6.48 Å². The summed E-state index contributed by atoms with van der Waals surface area (Å²) < 4.78 is 14.8. The van der Waals surface area contributed by atoms with Gasteiger partial charge in [0.15, 0.2) is 0 Å². The van der Waals surface area contributed by atoms with Crippen LogP contribution in [0, 0.1) is 5.82 Å². The summed E-state index contributed by atoms with van der Waals surface area (Å²) in [6, 6.07) is 59.0. The third kappa shape index (κ3) is 5.37. The summed E-state index contributed by atoms with van der Waals surface area (Å²) in [5.74, 6) is -0.261. The number of anilines is 6. The zero-order chi connectivity index (χ0) is 35.4. The molecule has 0 radical (unpaired) electrons. The van der Waals surface area contributed by atoms with Crippen molar-refractivity contribution in [1.82, 2.24) is 0 Å². The lowest BCUT2D eigenvalue weighted by molar-refractivity contribution is 0.628. The summed E-state index contributed by atoms with van der Waals surface area (Å²) in [6.07, 6.45) is 0. The van der Waals surface area contributed by atoms with E-state index in [1.807, 2.05) is 24.3 Å². The molecule has 0 aliphatic heterocycles. The van der Waals surface area contributed by atoms with E-state index in [1.54, 1.807) is 21.1 Å². The van der Waals surface area contributed by atoms with Crippen LogP contribution < -0.4 is 9.80 Å². The molecular formula is C47H34FIN2S. The van der Waals surface area contributed by atoms with Crippen LogP contribution >= 0.6 is 30.1 Å². The number of rotatable bonds is 7. The number of fused-ring (bicyclic) bond motifs is 6. The SMILES string of the molecule is CC1(C)c2cc(N(c3ccccc3)c3ccc(SI)c4ccccc34)ccc2-c2c1cc(N(c1ccccc1)c1cccc(F)c1)c1ccccc21. The zero-order valence-electron chi connectivity index (χ0n) is 28.7. The maximum atomic E-state index is 14.8. The number of para-hydroxylation sites is 2. The van der Waals surface area contributed by atoms with E-state index < -0.39 is 0 Å². The Labute approximate surface area is 320 Å². The monoisotopic (exact) mass is 804 g/mol. The second-order valence-electron chi connectivity index (χ2n) is 13.7. The lowest BCUT2D eigenvalue weighted by Gasteiger charge is -2.30. The van der Waals surface area contributed by atoms with E-state index >= 15 is 0 Å². The molecule has 0 unspecified atom stereocenters. The van der Waals surface area contributed by atoms with Gasteiger partial charge in [-0.25, -0.2) is 4.39 Å². The molecule has 0 aromatic heterocycles. The van der Waals surface area contributed by atoms with Crippen LogP contribution in [-0.2, 0) is 5.41 Å². The van der Waals surface area contributed by atoms with Crippen molar-refractivity contribution < 1.29 is 4.39 Å². The number of nitrogens with zero attached hydrogens (tertiary/aromatic N) is 2. The van der Waals surface area contributed by atoms with Gasteiger partial charge in [0.25, 0.3) is 0 Å². The van der Waals surface area contributed by atoms with Crippen LogP contribution in [0.4, 0.5) is 38.5 Å². The molecule has 0 atom stereocenters. The Balaban J connectivity index is 1.26. The Morgan fingerprint density at radius 1 is 0.481 bits per heavy atom. The van der Waals surface area contributed by atoms with Crippen LogP contribution in [0.5, 0.6) is 0 Å². The zero-order valence-corrected chi connectivity index (χ0v) is 31.7. The number of benzene rings is 8. The molecule has 0 amide bonds. The summed E-state index contributed by atoms with van der Waals surface area (Å²) in [6.45, 7) is 4.67. The molecule has 8 aromatic rings. The van der Waals surface area contributed by atoms with Crippen molar-refractivity contribution in [1.29, 1.82) is 0 Å². The van der Waals surface area contributed by atoms with E-state index in [9.17, 15) is 4.39 Å². The molecule has 252 valence electrons. The van der Waals surface area contributed by atoms with E-state index in [0.29, 0.717) is 0 Å². The second kappa shape index (κ2) is 13.1. The van der Waals surface area contributed by atoms with Gasteiger partial charge in [-0.15, -0.1) is 0 Å². The van der Waals surface area contributed by atoms with E-state index in [-0.39, 0.29) is 11.2 Å². The molecule has 9 rings (SSSR count). The summed E-state index contributed by atoms with van der Waals surface area (Å²) in [5, 5.41) is 4.76. The van der Waals surface area contributed by atoms with Crippen LogP contribution in [0.3, 0.4) is 0 Å². The largest absolute Gasteiger partial charge is 0.310 e. The van der Waals surface area contributed by atoms with E-state index in [4.69, 9.17) is 0 Å². The number of hydrogen-bond acceptors (Lipinski definition) is 3. The van der Waals surface area contributed by atoms with Crippen LogP contribution in [-0.4, -0.2) is 0 Å². The maximum absolute atomic E-state index is 14.8. The fraction of sp³-hybridized carbons (Fsp3) is 0.0638. The van der Waals surface area contributed by atoms with Gasteiger partial charge >= 0.3 is 0 Å². The van der Waals surface area contributed by atoms with Gasteiger partial charge in [-0.3, -0.25) is 0 Å². The minimum absolute atomic E-state index is 0.261. The highest BCUT2D eigenvalue weighted by Gasteiger charge is 2.38. The Morgan fingerprint density at radius 2 is 1.04 bits per heavy atom. The summed E-state index contributed by atoms with van der Waals surface area (Å²) in [5.41, 5.74) is 10.9. The molecule has 0 fully saturated rings. The Morgan fingerprint density at radius 3 is 1.69 bits per heavy atom. The van der Waals surface area contributed by atoms with Crippen LogP contribution in [0.1, 0.15) is 25.0 Å². The van der Waals surface area contributed by atoms with Crippen molar-refractivity contribution >= 4 is 85.8 Å². The average molecular weight is 805 g/mol. The molecule has 0 spiro atoms. The molecule has 8 aromatic carbocycles. The first-order valence-corrected chi connectivity index (χ1v) is 20.8. The molecule has 5 heteroatoms. The maximum Gasteiger partial charge on any atom is 0.125 e. The third-order valence-corrected chi connectivity index (χ3v) is 12.4. The number of hydrogen-bond donors (Lipinski definition) is 0. The fourth-order valence-corrected chi connectivity index (χ4v) is 9.55. The molecule has 1 aliphatic carbocycles. The Hall–Kier alpha value is -5.11. The highest BCUT2D eigenvalue weighted by Crippen LogP contribution is 2.56. The predicted octanol–water partition coefficient (Wildman–Crippen LogP) is 14.8. The van der Waals surface area contributed by atoms with E-state index in [0.717, 1.165) is 39.5 Å². The van der Waals surface area contributed by atoms with Gasteiger partial charge in [-0.05, 0) is 106 Å². The molecule has 1 aliphatic rings. The normalized spacial score (nSPS) is 12.8. The molecule has 2 nitrogen and oxygen atoms in total. The first kappa shape index (κ1) is 32.8. The lowest BCUT2D eigenvalue weighted by Crippen LogP contribution is -2.18. The Bertz CT molecular complexity index is 2620. The first-order chi connectivity index (χ1) is 25.4. The van der Waals surface area contributed by atoms with Crippen molar-refractivity contribution in [2.24, 2.45) is 0 Å². The smallest absolute Gasteiger partial charge is 0.125 e. The van der Waals surface area contributed by atoms with Crippen LogP contribution in [0.2, 0.25) is 0 Å². The van der Waals surface area contributed by atoms with Crippen LogP contribution in [0.15, 0.2) is 175 Å². The molecular weight excluding hydrogens is 770 g/mol. The predicted molar refractivity (Wildman–Crippen MR) is 228 cm³/mol. The van der Waals surface area contributed by atoms with Gasteiger partial charge < -0.3 is 9.80 Å². The standard InChI is InChI=1S/C47H34FIN2S/c1-47(2)41-29-35(50(32-15-5-3-6-16-32)43-26-27-45(52-49)38-22-11-9-20-36(38)43)24-25-40(41)46-39-23-12-10-21-37(39)44(30-42(46)47)51(33-17-7-4-8-18-33)34-19-13-14-31(48)28-34/h3-30H,1-2H3. The van der Waals surface area contributed by atoms with Crippen LogP contribution in [0.25, 0.3) is 32.7 Å². The molecule has 0 saturated carbocycles. The highest BCUT2D eigenvalue weighted by molar-refractivity contribution is 14.2. The molecule has 0 saturated heterocycles. The van der Waals surface area contributed by atoms with Gasteiger partial charge in [-0.1, -0.05) is 120 Å². The first-order valence-electron chi connectivity index (χ1n) is 17.4.